The van der Waals surface area contributed by atoms with Crippen LogP contribution in [-0.2, 0) is 16.1 Å². The summed E-state index contributed by atoms with van der Waals surface area (Å²) in [7, 11) is 0. The number of pyridine rings is 1. The molecule has 1 rings (SSSR count). The van der Waals surface area contributed by atoms with E-state index in [1.54, 1.807) is 18.3 Å². The molecule has 0 unspecified atom stereocenters. The van der Waals surface area contributed by atoms with E-state index in [4.69, 9.17) is 16.3 Å². The Morgan fingerprint density at radius 2 is 1.73 bits per heavy atom. The first-order valence-electron chi connectivity index (χ1n) is 8.49. The van der Waals surface area contributed by atoms with Crippen molar-refractivity contribution in [1.82, 2.24) is 4.98 Å². The number of aromatic nitrogens is 1. The van der Waals surface area contributed by atoms with Gasteiger partial charge in [-0.25, -0.2) is 0 Å². The fraction of sp³-hybridized carbons (Fsp3) is 0.667. The molecule has 0 N–H and O–H groups in total. The Balaban J connectivity index is 1.97. The normalized spacial score (nSPS) is 10.6. The van der Waals surface area contributed by atoms with E-state index < -0.39 is 0 Å². The smallest absolute Gasteiger partial charge is 0.306 e. The number of unbranched alkanes of at least 4 members (excludes halogenated alkanes) is 8. The van der Waals surface area contributed by atoms with Gasteiger partial charge in [0, 0.05) is 12.6 Å². The van der Waals surface area contributed by atoms with Crippen molar-refractivity contribution in [3.63, 3.8) is 0 Å². The molecule has 0 fully saturated rings. The average molecular weight is 326 g/mol. The van der Waals surface area contributed by atoms with Gasteiger partial charge >= 0.3 is 5.97 Å². The second kappa shape index (κ2) is 12.5. The molecule has 0 bridgehead atoms. The van der Waals surface area contributed by atoms with E-state index in [0.29, 0.717) is 17.1 Å². The highest BCUT2D eigenvalue weighted by Gasteiger charge is 2.06. The lowest BCUT2D eigenvalue weighted by Gasteiger charge is -2.05. The maximum absolute atomic E-state index is 11.6. The van der Waals surface area contributed by atoms with Gasteiger partial charge in [-0.1, -0.05) is 69.9 Å². The number of nitrogens with zero attached hydrogens (tertiary/aromatic N) is 1. The molecule has 4 heteroatoms. The molecule has 0 aromatic carbocycles. The van der Waals surface area contributed by atoms with E-state index >= 15 is 0 Å². The fourth-order valence-corrected chi connectivity index (χ4v) is 2.50. The quantitative estimate of drug-likeness (QED) is 0.365. The van der Waals surface area contributed by atoms with Crippen LogP contribution in [0.3, 0.4) is 0 Å². The van der Waals surface area contributed by atoms with Gasteiger partial charge in [0.15, 0.2) is 0 Å². The molecule has 1 aromatic heterocycles. The van der Waals surface area contributed by atoms with Crippen molar-refractivity contribution in [2.45, 2.75) is 77.7 Å². The lowest BCUT2D eigenvalue weighted by atomic mass is 10.1. The molecule has 0 saturated carbocycles. The predicted molar refractivity (Wildman–Crippen MR) is 90.9 cm³/mol. The number of rotatable bonds is 12. The molecule has 0 aliphatic carbocycles. The van der Waals surface area contributed by atoms with Crippen molar-refractivity contribution in [3.05, 3.63) is 29.0 Å². The van der Waals surface area contributed by atoms with Gasteiger partial charge in [-0.3, -0.25) is 9.78 Å². The summed E-state index contributed by atoms with van der Waals surface area (Å²) in [5, 5.41) is 0.540. The van der Waals surface area contributed by atoms with Crippen molar-refractivity contribution in [2.75, 3.05) is 0 Å². The number of carbonyl (C=O) groups excluding carboxylic acids is 1. The van der Waals surface area contributed by atoms with Crippen LogP contribution in [0.25, 0.3) is 0 Å². The predicted octanol–water partition coefficient (Wildman–Crippen LogP) is 5.70. The molecule has 0 amide bonds. The standard InChI is InChI=1S/C18H28ClNO2/c1-2-3-4-5-6-7-8-9-10-13-18(21)22-15-17-16(19)12-11-14-20-17/h11-12,14H,2-10,13,15H2,1H3. The highest BCUT2D eigenvalue weighted by molar-refractivity contribution is 6.31. The van der Waals surface area contributed by atoms with Crippen LogP contribution in [-0.4, -0.2) is 11.0 Å². The monoisotopic (exact) mass is 325 g/mol. The second-order valence-corrected chi connectivity index (χ2v) is 6.08. The van der Waals surface area contributed by atoms with Crippen molar-refractivity contribution >= 4 is 17.6 Å². The van der Waals surface area contributed by atoms with Gasteiger partial charge in [0.2, 0.25) is 0 Å². The van der Waals surface area contributed by atoms with Crippen molar-refractivity contribution in [1.29, 1.82) is 0 Å². The number of hydrogen-bond acceptors (Lipinski definition) is 3. The molecule has 0 saturated heterocycles. The summed E-state index contributed by atoms with van der Waals surface area (Å²) in [6.07, 6.45) is 13.3. The Morgan fingerprint density at radius 3 is 2.36 bits per heavy atom. The van der Waals surface area contributed by atoms with E-state index in [1.807, 2.05) is 0 Å². The zero-order valence-electron chi connectivity index (χ0n) is 13.7. The highest BCUT2D eigenvalue weighted by Crippen LogP contribution is 2.14. The molecule has 0 atom stereocenters. The molecule has 0 aliphatic rings. The Labute approximate surface area is 139 Å². The first-order chi connectivity index (χ1) is 10.7. The van der Waals surface area contributed by atoms with Crippen LogP contribution in [0, 0.1) is 0 Å². The summed E-state index contributed by atoms with van der Waals surface area (Å²) in [5.41, 5.74) is 0.615. The molecular formula is C18H28ClNO2. The SMILES string of the molecule is CCCCCCCCCCCC(=O)OCc1ncccc1Cl. The Bertz CT molecular complexity index is 423. The third-order valence-corrected chi connectivity index (χ3v) is 4.03. The van der Waals surface area contributed by atoms with Crippen molar-refractivity contribution in [3.8, 4) is 0 Å². The lowest BCUT2D eigenvalue weighted by molar-refractivity contribution is -0.145. The third kappa shape index (κ3) is 9.04. The number of hydrogen-bond donors (Lipinski definition) is 0. The van der Waals surface area contributed by atoms with E-state index in [1.165, 1.54) is 44.9 Å². The molecule has 0 aliphatic heterocycles. The summed E-state index contributed by atoms with van der Waals surface area (Å²) in [6, 6.07) is 3.51. The van der Waals surface area contributed by atoms with Gasteiger partial charge in [0.25, 0.3) is 0 Å². The zero-order valence-corrected chi connectivity index (χ0v) is 14.4. The fourth-order valence-electron chi connectivity index (χ4n) is 2.33. The van der Waals surface area contributed by atoms with Gasteiger partial charge < -0.3 is 4.74 Å². The maximum Gasteiger partial charge on any atom is 0.306 e. The molecule has 22 heavy (non-hydrogen) atoms. The number of ether oxygens (including phenoxy) is 1. The first-order valence-corrected chi connectivity index (χ1v) is 8.87. The Kier molecular flexibility index (Phi) is 10.7. The van der Waals surface area contributed by atoms with Crippen LogP contribution >= 0.6 is 11.6 Å². The summed E-state index contributed by atoms with van der Waals surface area (Å²) in [6.45, 7) is 2.40. The van der Waals surface area contributed by atoms with Crippen LogP contribution in [0.1, 0.15) is 76.8 Å². The summed E-state index contributed by atoms with van der Waals surface area (Å²) in [5.74, 6) is -0.162. The molecule has 1 heterocycles. The lowest BCUT2D eigenvalue weighted by Crippen LogP contribution is -2.05. The molecule has 124 valence electrons. The zero-order chi connectivity index (χ0) is 16.0. The number of esters is 1. The van der Waals surface area contributed by atoms with E-state index in [-0.39, 0.29) is 12.6 Å². The average Bonchev–Trinajstić information content (AvgIpc) is 2.52. The minimum atomic E-state index is -0.162. The molecule has 0 radical (unpaired) electrons. The van der Waals surface area contributed by atoms with Gasteiger partial charge in [-0.15, -0.1) is 0 Å². The number of carbonyl (C=O) groups is 1. The van der Waals surface area contributed by atoms with Gasteiger partial charge in [-0.2, -0.15) is 0 Å². The Hall–Kier alpha value is -1.09. The van der Waals surface area contributed by atoms with Crippen LogP contribution in [0.2, 0.25) is 5.02 Å². The minimum absolute atomic E-state index is 0.162. The van der Waals surface area contributed by atoms with Crippen molar-refractivity contribution in [2.24, 2.45) is 0 Å². The summed E-state index contributed by atoms with van der Waals surface area (Å²) in [4.78, 5) is 15.7. The van der Waals surface area contributed by atoms with Gasteiger partial charge in [0.05, 0.1) is 10.7 Å². The Morgan fingerprint density at radius 1 is 1.09 bits per heavy atom. The number of halogens is 1. The molecule has 0 spiro atoms. The summed E-state index contributed by atoms with van der Waals surface area (Å²) < 4.78 is 5.20. The van der Waals surface area contributed by atoms with E-state index in [0.717, 1.165) is 12.8 Å². The van der Waals surface area contributed by atoms with Gasteiger partial charge in [-0.05, 0) is 18.6 Å². The van der Waals surface area contributed by atoms with Gasteiger partial charge in [0.1, 0.15) is 6.61 Å². The van der Waals surface area contributed by atoms with E-state index in [2.05, 4.69) is 11.9 Å². The van der Waals surface area contributed by atoms with Crippen LogP contribution in [0.4, 0.5) is 0 Å². The van der Waals surface area contributed by atoms with E-state index in [9.17, 15) is 4.79 Å². The first kappa shape index (κ1) is 19.0. The molecule has 3 nitrogen and oxygen atoms in total. The highest BCUT2D eigenvalue weighted by atomic mass is 35.5. The summed E-state index contributed by atoms with van der Waals surface area (Å²) >= 11 is 5.96. The molecular weight excluding hydrogens is 298 g/mol. The topological polar surface area (TPSA) is 39.2 Å². The molecule has 1 aromatic rings. The van der Waals surface area contributed by atoms with Crippen LogP contribution in [0.15, 0.2) is 18.3 Å². The van der Waals surface area contributed by atoms with Crippen molar-refractivity contribution < 1.29 is 9.53 Å². The third-order valence-electron chi connectivity index (χ3n) is 3.69. The minimum Gasteiger partial charge on any atom is -0.459 e. The second-order valence-electron chi connectivity index (χ2n) is 5.67. The van der Waals surface area contributed by atoms with Crippen LogP contribution in [0.5, 0.6) is 0 Å². The van der Waals surface area contributed by atoms with Crippen LogP contribution < -0.4 is 0 Å². The maximum atomic E-state index is 11.6. The largest absolute Gasteiger partial charge is 0.459 e.